The minimum absolute atomic E-state index is 0.190. The average molecular weight is 296 g/mol. The molecular formula is C16H25FN2O2. The highest BCUT2D eigenvalue weighted by Crippen LogP contribution is 2.13. The van der Waals surface area contributed by atoms with E-state index in [2.05, 4.69) is 17.3 Å². The van der Waals surface area contributed by atoms with Crippen molar-refractivity contribution in [2.75, 3.05) is 33.3 Å². The van der Waals surface area contributed by atoms with Gasteiger partial charge in [0, 0.05) is 24.7 Å². The largest absolute Gasteiger partial charge is 0.389 e. The van der Waals surface area contributed by atoms with E-state index in [4.69, 9.17) is 4.74 Å². The molecular weight excluding hydrogens is 271 g/mol. The van der Waals surface area contributed by atoms with Gasteiger partial charge in [-0.15, -0.1) is 0 Å². The fourth-order valence-electron chi connectivity index (χ4n) is 2.63. The molecule has 1 saturated heterocycles. The van der Waals surface area contributed by atoms with E-state index in [-0.39, 0.29) is 19.0 Å². The van der Waals surface area contributed by atoms with E-state index in [9.17, 15) is 9.50 Å². The number of halogens is 1. The maximum atomic E-state index is 13.4. The topological polar surface area (TPSA) is 44.7 Å². The Kier molecular flexibility index (Phi) is 6.57. The van der Waals surface area contributed by atoms with Crippen LogP contribution in [-0.4, -0.2) is 55.4 Å². The van der Waals surface area contributed by atoms with E-state index in [0.717, 1.165) is 13.1 Å². The monoisotopic (exact) mass is 296 g/mol. The predicted octanol–water partition coefficient (Wildman–Crippen LogP) is 1.39. The van der Waals surface area contributed by atoms with Crippen molar-refractivity contribution in [3.63, 3.8) is 0 Å². The first-order valence-corrected chi connectivity index (χ1v) is 7.57. The molecule has 2 rings (SSSR count). The standard InChI is InChI=1S/C16H25FN2O2/c1-19-8-4-6-14(19)9-18-10-15(20)12-21-11-13-5-2-3-7-16(13)17/h2-3,5,7,14-15,18,20H,4,6,8-12H2,1H3. The summed E-state index contributed by atoms with van der Waals surface area (Å²) < 4.78 is 18.7. The second-order valence-corrected chi connectivity index (χ2v) is 5.70. The van der Waals surface area contributed by atoms with E-state index in [0.29, 0.717) is 18.2 Å². The highest BCUT2D eigenvalue weighted by molar-refractivity contribution is 5.16. The average Bonchev–Trinajstić information content (AvgIpc) is 2.87. The van der Waals surface area contributed by atoms with Crippen LogP contribution in [0.2, 0.25) is 0 Å². The third-order valence-electron chi connectivity index (χ3n) is 3.96. The van der Waals surface area contributed by atoms with E-state index < -0.39 is 6.10 Å². The van der Waals surface area contributed by atoms with Crippen LogP contribution >= 0.6 is 0 Å². The number of aliphatic hydroxyl groups excluding tert-OH is 1. The minimum Gasteiger partial charge on any atom is -0.389 e. The number of nitrogens with one attached hydrogen (secondary N) is 1. The fraction of sp³-hybridized carbons (Fsp3) is 0.625. The summed E-state index contributed by atoms with van der Waals surface area (Å²) >= 11 is 0. The fourth-order valence-corrected chi connectivity index (χ4v) is 2.63. The molecule has 1 aromatic rings. The first-order chi connectivity index (χ1) is 10.2. The Morgan fingerprint density at radius 1 is 1.48 bits per heavy atom. The molecule has 0 bridgehead atoms. The van der Waals surface area contributed by atoms with Crippen LogP contribution in [0.1, 0.15) is 18.4 Å². The molecule has 0 spiro atoms. The number of aliphatic hydroxyl groups is 1. The van der Waals surface area contributed by atoms with Gasteiger partial charge in [-0.2, -0.15) is 0 Å². The lowest BCUT2D eigenvalue weighted by molar-refractivity contribution is 0.0274. The van der Waals surface area contributed by atoms with Crippen molar-refractivity contribution < 1.29 is 14.2 Å². The van der Waals surface area contributed by atoms with E-state index in [1.807, 2.05) is 0 Å². The molecule has 0 amide bonds. The summed E-state index contributed by atoms with van der Waals surface area (Å²) in [7, 11) is 2.13. The van der Waals surface area contributed by atoms with Crippen LogP contribution in [0, 0.1) is 5.82 Å². The Balaban J connectivity index is 1.57. The van der Waals surface area contributed by atoms with Crippen LogP contribution in [-0.2, 0) is 11.3 Å². The summed E-state index contributed by atoms with van der Waals surface area (Å²) in [6, 6.07) is 7.09. The molecule has 0 aliphatic carbocycles. The molecule has 0 aromatic heterocycles. The third-order valence-corrected chi connectivity index (χ3v) is 3.96. The minimum atomic E-state index is -0.566. The SMILES string of the molecule is CN1CCCC1CNCC(O)COCc1ccccc1F. The van der Waals surface area contributed by atoms with E-state index in [1.54, 1.807) is 18.2 Å². The van der Waals surface area contributed by atoms with Crippen LogP contribution in [0.5, 0.6) is 0 Å². The summed E-state index contributed by atoms with van der Waals surface area (Å²) in [5.74, 6) is -0.269. The summed E-state index contributed by atoms with van der Waals surface area (Å²) in [4.78, 5) is 2.34. The van der Waals surface area contributed by atoms with Gasteiger partial charge in [-0.05, 0) is 32.5 Å². The van der Waals surface area contributed by atoms with E-state index in [1.165, 1.54) is 18.9 Å². The molecule has 5 heteroatoms. The van der Waals surface area contributed by atoms with Gasteiger partial charge in [0.15, 0.2) is 0 Å². The lowest BCUT2D eigenvalue weighted by Crippen LogP contribution is -2.39. The Hall–Kier alpha value is -1.01. The molecule has 1 fully saturated rings. The summed E-state index contributed by atoms with van der Waals surface area (Å²) in [5.41, 5.74) is 0.519. The molecule has 4 nitrogen and oxygen atoms in total. The number of likely N-dealkylation sites (tertiary alicyclic amines) is 1. The number of hydrogen-bond donors (Lipinski definition) is 2. The zero-order valence-corrected chi connectivity index (χ0v) is 12.6. The second-order valence-electron chi connectivity index (χ2n) is 5.70. The van der Waals surface area contributed by atoms with Crippen molar-refractivity contribution in [2.24, 2.45) is 0 Å². The summed E-state index contributed by atoms with van der Waals surface area (Å²) in [6.07, 6.45) is 1.89. The zero-order valence-electron chi connectivity index (χ0n) is 12.6. The number of hydrogen-bond acceptors (Lipinski definition) is 4. The summed E-state index contributed by atoms with van der Waals surface area (Å²) in [5, 5.41) is 13.1. The van der Waals surface area contributed by atoms with Crippen molar-refractivity contribution in [3.05, 3.63) is 35.6 Å². The number of benzene rings is 1. The van der Waals surface area contributed by atoms with Gasteiger partial charge in [-0.1, -0.05) is 18.2 Å². The van der Waals surface area contributed by atoms with Gasteiger partial charge in [0.05, 0.1) is 19.3 Å². The van der Waals surface area contributed by atoms with Gasteiger partial charge < -0.3 is 20.1 Å². The Labute approximate surface area is 125 Å². The molecule has 2 unspecified atom stereocenters. The van der Waals surface area contributed by atoms with Gasteiger partial charge in [-0.3, -0.25) is 0 Å². The van der Waals surface area contributed by atoms with Gasteiger partial charge in [0.25, 0.3) is 0 Å². The first-order valence-electron chi connectivity index (χ1n) is 7.57. The number of likely N-dealkylation sites (N-methyl/N-ethyl adjacent to an activating group) is 1. The van der Waals surface area contributed by atoms with Crippen LogP contribution in [0.4, 0.5) is 4.39 Å². The Bertz CT molecular complexity index is 430. The molecule has 2 atom stereocenters. The van der Waals surface area contributed by atoms with Crippen LogP contribution in [0.15, 0.2) is 24.3 Å². The summed E-state index contributed by atoms with van der Waals surface area (Å²) in [6.45, 7) is 2.94. The molecule has 118 valence electrons. The smallest absolute Gasteiger partial charge is 0.128 e. The maximum absolute atomic E-state index is 13.4. The Morgan fingerprint density at radius 2 is 2.29 bits per heavy atom. The molecule has 2 N–H and O–H groups in total. The van der Waals surface area contributed by atoms with Gasteiger partial charge in [-0.25, -0.2) is 4.39 Å². The number of rotatable bonds is 8. The quantitative estimate of drug-likeness (QED) is 0.761. The molecule has 1 heterocycles. The van der Waals surface area contributed by atoms with E-state index >= 15 is 0 Å². The van der Waals surface area contributed by atoms with Gasteiger partial charge in [0.1, 0.15) is 5.82 Å². The highest BCUT2D eigenvalue weighted by Gasteiger charge is 2.20. The number of nitrogens with zero attached hydrogens (tertiary/aromatic N) is 1. The van der Waals surface area contributed by atoms with Gasteiger partial charge >= 0.3 is 0 Å². The lowest BCUT2D eigenvalue weighted by atomic mass is 10.2. The second kappa shape index (κ2) is 8.44. The van der Waals surface area contributed by atoms with Crippen LogP contribution in [0.25, 0.3) is 0 Å². The normalized spacial score (nSPS) is 20.8. The van der Waals surface area contributed by atoms with Crippen LogP contribution in [0.3, 0.4) is 0 Å². The molecule has 1 aromatic carbocycles. The molecule has 1 aliphatic rings. The zero-order chi connectivity index (χ0) is 15.1. The highest BCUT2D eigenvalue weighted by atomic mass is 19.1. The van der Waals surface area contributed by atoms with Crippen molar-refractivity contribution in [3.8, 4) is 0 Å². The number of ether oxygens (including phenoxy) is 1. The van der Waals surface area contributed by atoms with Crippen LogP contribution < -0.4 is 5.32 Å². The third kappa shape index (κ3) is 5.36. The van der Waals surface area contributed by atoms with Crippen molar-refractivity contribution in [1.82, 2.24) is 10.2 Å². The maximum Gasteiger partial charge on any atom is 0.128 e. The lowest BCUT2D eigenvalue weighted by Gasteiger charge is -2.20. The molecule has 21 heavy (non-hydrogen) atoms. The van der Waals surface area contributed by atoms with Gasteiger partial charge in [0.2, 0.25) is 0 Å². The first kappa shape index (κ1) is 16.4. The predicted molar refractivity (Wildman–Crippen MR) is 80.6 cm³/mol. The molecule has 0 radical (unpaired) electrons. The molecule has 1 aliphatic heterocycles. The van der Waals surface area contributed by atoms with Crippen molar-refractivity contribution in [1.29, 1.82) is 0 Å². The molecule has 0 saturated carbocycles. The van der Waals surface area contributed by atoms with Crippen molar-refractivity contribution >= 4 is 0 Å². The van der Waals surface area contributed by atoms with Crippen molar-refractivity contribution in [2.45, 2.75) is 31.6 Å². The Morgan fingerprint density at radius 3 is 3.00 bits per heavy atom.